The Hall–Kier alpha value is -0.540. The lowest BCUT2D eigenvalue weighted by Crippen LogP contribution is -2.23. The highest BCUT2D eigenvalue weighted by Gasteiger charge is 2.18. The van der Waals surface area contributed by atoms with E-state index in [4.69, 9.17) is 9.84 Å². The molecule has 0 radical (unpaired) electrons. The summed E-state index contributed by atoms with van der Waals surface area (Å²) in [6.07, 6.45) is 0.908. The molecule has 2 nitrogen and oxygen atoms in total. The SMILES string of the molecule is OC[C@@H]1COc2ccc(Br)cc2C1. The molecule has 1 aliphatic heterocycles. The van der Waals surface area contributed by atoms with Crippen LogP contribution in [0, 0.1) is 5.92 Å². The maximum absolute atomic E-state index is 8.99. The van der Waals surface area contributed by atoms with Crippen LogP contribution >= 0.6 is 15.9 Å². The molecule has 1 heterocycles. The molecule has 2 rings (SSSR count). The first-order valence-corrected chi connectivity index (χ1v) is 5.11. The van der Waals surface area contributed by atoms with E-state index in [1.807, 2.05) is 12.1 Å². The molecule has 0 amide bonds. The standard InChI is InChI=1S/C10H11BrO2/c11-9-1-2-10-8(4-9)3-7(5-12)6-13-10/h1-2,4,7,12H,3,5-6H2/t7-/m1/s1. The van der Waals surface area contributed by atoms with E-state index in [1.165, 1.54) is 5.56 Å². The number of aliphatic hydroxyl groups is 1. The Morgan fingerprint density at radius 1 is 1.54 bits per heavy atom. The van der Waals surface area contributed by atoms with Gasteiger partial charge in [-0.1, -0.05) is 15.9 Å². The molecule has 13 heavy (non-hydrogen) atoms. The quantitative estimate of drug-likeness (QED) is 0.817. The molecule has 0 saturated carbocycles. The lowest BCUT2D eigenvalue weighted by atomic mass is 9.98. The smallest absolute Gasteiger partial charge is 0.122 e. The fourth-order valence-electron chi connectivity index (χ4n) is 1.54. The predicted molar refractivity (Wildman–Crippen MR) is 53.9 cm³/mol. The average Bonchev–Trinajstić information content (AvgIpc) is 2.16. The molecule has 0 fully saturated rings. The van der Waals surface area contributed by atoms with Gasteiger partial charge in [0.2, 0.25) is 0 Å². The first-order chi connectivity index (χ1) is 6.29. The van der Waals surface area contributed by atoms with Gasteiger partial charge in [0.05, 0.1) is 6.61 Å². The van der Waals surface area contributed by atoms with E-state index < -0.39 is 0 Å². The van der Waals surface area contributed by atoms with Crippen LogP contribution in [-0.4, -0.2) is 18.3 Å². The summed E-state index contributed by atoms with van der Waals surface area (Å²) in [5.41, 5.74) is 1.18. The van der Waals surface area contributed by atoms with E-state index in [1.54, 1.807) is 0 Å². The van der Waals surface area contributed by atoms with Crippen LogP contribution in [0.5, 0.6) is 5.75 Å². The lowest BCUT2D eigenvalue weighted by Gasteiger charge is -2.23. The fourth-order valence-corrected chi connectivity index (χ4v) is 1.95. The third-order valence-corrected chi connectivity index (χ3v) is 2.76. The lowest BCUT2D eigenvalue weighted by molar-refractivity contribution is 0.147. The van der Waals surface area contributed by atoms with Crippen molar-refractivity contribution in [1.82, 2.24) is 0 Å². The molecular weight excluding hydrogens is 232 g/mol. The van der Waals surface area contributed by atoms with Crippen LogP contribution in [0.4, 0.5) is 0 Å². The topological polar surface area (TPSA) is 29.5 Å². The minimum Gasteiger partial charge on any atom is -0.493 e. The molecule has 0 aromatic heterocycles. The van der Waals surface area contributed by atoms with Gasteiger partial charge in [0.25, 0.3) is 0 Å². The molecule has 0 unspecified atom stereocenters. The van der Waals surface area contributed by atoms with Crippen molar-refractivity contribution in [3.63, 3.8) is 0 Å². The van der Waals surface area contributed by atoms with E-state index in [0.29, 0.717) is 6.61 Å². The van der Waals surface area contributed by atoms with Crippen molar-refractivity contribution >= 4 is 15.9 Å². The van der Waals surface area contributed by atoms with Crippen LogP contribution < -0.4 is 4.74 Å². The average molecular weight is 243 g/mol. The molecular formula is C10H11BrO2. The monoisotopic (exact) mass is 242 g/mol. The van der Waals surface area contributed by atoms with E-state index in [9.17, 15) is 0 Å². The van der Waals surface area contributed by atoms with Gasteiger partial charge in [-0.25, -0.2) is 0 Å². The number of aliphatic hydroxyl groups excluding tert-OH is 1. The Morgan fingerprint density at radius 2 is 2.38 bits per heavy atom. The maximum atomic E-state index is 8.99. The highest BCUT2D eigenvalue weighted by atomic mass is 79.9. The van der Waals surface area contributed by atoms with Gasteiger partial charge >= 0.3 is 0 Å². The third-order valence-electron chi connectivity index (χ3n) is 2.26. The van der Waals surface area contributed by atoms with E-state index in [2.05, 4.69) is 22.0 Å². The second-order valence-corrected chi connectivity index (χ2v) is 4.23. The zero-order valence-electron chi connectivity index (χ0n) is 7.16. The van der Waals surface area contributed by atoms with Crippen molar-refractivity contribution in [3.05, 3.63) is 28.2 Å². The zero-order chi connectivity index (χ0) is 9.26. The summed E-state index contributed by atoms with van der Waals surface area (Å²) in [7, 11) is 0. The molecule has 1 aliphatic rings. The largest absolute Gasteiger partial charge is 0.493 e. The number of ether oxygens (including phenoxy) is 1. The minimum absolute atomic E-state index is 0.200. The highest BCUT2D eigenvalue weighted by molar-refractivity contribution is 9.10. The molecule has 70 valence electrons. The Balaban J connectivity index is 2.27. The van der Waals surface area contributed by atoms with Crippen molar-refractivity contribution < 1.29 is 9.84 Å². The summed E-state index contributed by atoms with van der Waals surface area (Å²) >= 11 is 3.41. The molecule has 3 heteroatoms. The first kappa shape index (κ1) is 9.03. The summed E-state index contributed by atoms with van der Waals surface area (Å²) in [5.74, 6) is 1.20. The number of fused-ring (bicyclic) bond motifs is 1. The van der Waals surface area contributed by atoms with Gasteiger partial charge in [-0.3, -0.25) is 0 Å². The summed E-state index contributed by atoms with van der Waals surface area (Å²) in [6.45, 7) is 0.830. The van der Waals surface area contributed by atoms with Crippen molar-refractivity contribution in [3.8, 4) is 5.75 Å². The van der Waals surface area contributed by atoms with Crippen molar-refractivity contribution in [2.45, 2.75) is 6.42 Å². The number of hydrogen-bond acceptors (Lipinski definition) is 2. The van der Waals surface area contributed by atoms with E-state index >= 15 is 0 Å². The molecule has 1 N–H and O–H groups in total. The third kappa shape index (κ3) is 1.86. The van der Waals surface area contributed by atoms with Crippen LogP contribution in [0.25, 0.3) is 0 Å². The Kier molecular flexibility index (Phi) is 2.56. The molecule has 0 bridgehead atoms. The van der Waals surface area contributed by atoms with Crippen LogP contribution in [0.3, 0.4) is 0 Å². The van der Waals surface area contributed by atoms with Crippen LogP contribution in [0.2, 0.25) is 0 Å². The molecule has 1 aromatic carbocycles. The van der Waals surface area contributed by atoms with E-state index in [-0.39, 0.29) is 12.5 Å². The summed E-state index contributed by atoms with van der Waals surface area (Å²) in [4.78, 5) is 0. The summed E-state index contributed by atoms with van der Waals surface area (Å²) in [6, 6.07) is 5.99. The van der Waals surface area contributed by atoms with Crippen LogP contribution in [0.15, 0.2) is 22.7 Å². The van der Waals surface area contributed by atoms with Gasteiger partial charge in [0.15, 0.2) is 0 Å². The Labute approximate surface area is 85.7 Å². The second kappa shape index (κ2) is 3.68. The van der Waals surface area contributed by atoms with Gasteiger partial charge in [0.1, 0.15) is 5.75 Å². The maximum Gasteiger partial charge on any atom is 0.122 e. The normalized spacial score (nSPS) is 20.6. The van der Waals surface area contributed by atoms with Gasteiger partial charge < -0.3 is 9.84 Å². The number of hydrogen-bond donors (Lipinski definition) is 1. The number of benzene rings is 1. The predicted octanol–water partition coefficient (Wildman–Crippen LogP) is 1.99. The van der Waals surface area contributed by atoms with E-state index in [0.717, 1.165) is 16.6 Å². The van der Waals surface area contributed by atoms with Crippen molar-refractivity contribution in [2.75, 3.05) is 13.2 Å². The number of halogens is 1. The zero-order valence-corrected chi connectivity index (χ0v) is 8.75. The van der Waals surface area contributed by atoms with Crippen molar-refractivity contribution in [1.29, 1.82) is 0 Å². The molecule has 1 aromatic rings. The Bertz CT molecular complexity index is 312. The number of rotatable bonds is 1. The van der Waals surface area contributed by atoms with Gasteiger partial charge in [-0.2, -0.15) is 0 Å². The van der Waals surface area contributed by atoms with Crippen molar-refractivity contribution in [2.24, 2.45) is 5.92 Å². The van der Waals surface area contributed by atoms with Gasteiger partial charge in [-0.15, -0.1) is 0 Å². The second-order valence-electron chi connectivity index (χ2n) is 3.32. The fraction of sp³-hybridized carbons (Fsp3) is 0.400. The molecule has 0 aliphatic carbocycles. The molecule has 0 saturated heterocycles. The van der Waals surface area contributed by atoms with Crippen LogP contribution in [-0.2, 0) is 6.42 Å². The Morgan fingerprint density at radius 3 is 3.15 bits per heavy atom. The summed E-state index contributed by atoms with van der Waals surface area (Å²) in [5, 5.41) is 8.99. The summed E-state index contributed by atoms with van der Waals surface area (Å²) < 4.78 is 6.56. The van der Waals surface area contributed by atoms with Crippen LogP contribution in [0.1, 0.15) is 5.56 Å². The molecule has 1 atom stereocenters. The van der Waals surface area contributed by atoms with Gasteiger partial charge in [-0.05, 0) is 30.2 Å². The molecule has 0 spiro atoms. The first-order valence-electron chi connectivity index (χ1n) is 4.31. The van der Waals surface area contributed by atoms with Gasteiger partial charge in [0, 0.05) is 17.0 Å². The minimum atomic E-state index is 0.200. The highest BCUT2D eigenvalue weighted by Crippen LogP contribution is 2.29.